The largest absolute Gasteiger partial charge is 0.278 e. The van der Waals surface area contributed by atoms with E-state index in [1.807, 2.05) is 97.1 Å². The van der Waals surface area contributed by atoms with Crippen LogP contribution in [0.15, 0.2) is 212 Å². The number of nitrogens with zero attached hydrogens (tertiary/aromatic N) is 5. The topological polar surface area (TPSA) is 48.5 Å². The van der Waals surface area contributed by atoms with Gasteiger partial charge in [-0.3, -0.25) is 9.13 Å². The molecule has 5 heteroatoms. The van der Waals surface area contributed by atoms with Gasteiger partial charge in [0.15, 0.2) is 5.82 Å². The quantitative estimate of drug-likeness (QED) is 0.178. The number of hydrogen-bond acceptors (Lipinski definition) is 3. The third-order valence-corrected chi connectivity index (χ3v) is 11.3. The Bertz CT molecular complexity index is 4610. The first-order chi connectivity index (χ1) is 38.7. The number of aromatic nitrogens is 5. The molecule has 0 bridgehead atoms. The van der Waals surface area contributed by atoms with Crippen molar-refractivity contribution in [1.82, 2.24) is 24.1 Å². The van der Waals surface area contributed by atoms with E-state index in [2.05, 4.69) is 0 Å². The zero-order chi connectivity index (χ0) is 57.3. The van der Waals surface area contributed by atoms with Gasteiger partial charge in [0.05, 0.1) is 48.1 Å². The van der Waals surface area contributed by atoms with Crippen LogP contribution in [0.1, 0.15) is 26.0 Å². The fraction of sp³-hybridized carbons (Fsp3) is 0. The van der Waals surface area contributed by atoms with Gasteiger partial charge in [-0.2, -0.15) is 15.0 Å². The van der Waals surface area contributed by atoms with Gasteiger partial charge in [0.1, 0.15) is 0 Å². The molecular weight excluding hydrogens is 755 g/mol. The number of fused-ring (bicyclic) bond motifs is 14. The van der Waals surface area contributed by atoms with Gasteiger partial charge >= 0.3 is 0 Å². The molecule has 1 aliphatic rings. The maximum Gasteiger partial charge on any atom is 0.240 e. The first-order valence-electron chi connectivity index (χ1n) is 29.0. The third kappa shape index (κ3) is 5.06. The molecule has 13 rings (SSSR count). The van der Waals surface area contributed by atoms with Gasteiger partial charge in [-0.15, -0.1) is 0 Å². The standard InChI is InChI=1S/C57H35N5/c1-2-18-36(19-3-1)37-34-35-48-42-24-7-6-22-40(42)38-20-4-5-21-39(38)41-23-8-9-29-47(41)53(48)54(37)55-58-56(61-49-30-14-10-25-43(49)44-26-11-15-31-50(44)61)60-57(59-55)62-51-32-16-12-27-45(51)46-28-13-17-33-52(46)62/h1-35H/i1D,2D,3D,4D,5D,6D,7D,8D,9D,18D,19D,20D,21D,22D,23D,24D,29D,34D,35D. The van der Waals surface area contributed by atoms with Crippen LogP contribution in [-0.2, 0) is 0 Å². The first kappa shape index (κ1) is 20.7. The van der Waals surface area contributed by atoms with Crippen LogP contribution >= 0.6 is 0 Å². The predicted molar refractivity (Wildman–Crippen MR) is 255 cm³/mol. The zero-order valence-corrected chi connectivity index (χ0v) is 32.0. The smallest absolute Gasteiger partial charge is 0.240 e. The average Bonchev–Trinajstić information content (AvgIpc) is 2.87. The van der Waals surface area contributed by atoms with Crippen LogP contribution in [0.5, 0.6) is 0 Å². The maximum absolute atomic E-state index is 10.2. The molecule has 12 aromatic rings. The molecule has 0 spiro atoms. The summed E-state index contributed by atoms with van der Waals surface area (Å²) in [6.07, 6.45) is 0. The van der Waals surface area contributed by atoms with E-state index in [-0.39, 0.29) is 11.9 Å². The van der Waals surface area contributed by atoms with Gasteiger partial charge in [0.25, 0.3) is 0 Å². The summed E-state index contributed by atoms with van der Waals surface area (Å²) >= 11 is 0. The zero-order valence-electron chi connectivity index (χ0n) is 51.0. The van der Waals surface area contributed by atoms with Crippen LogP contribution in [0.3, 0.4) is 0 Å². The fourth-order valence-corrected chi connectivity index (χ4v) is 8.73. The highest BCUT2D eigenvalue weighted by Crippen LogP contribution is 2.52. The summed E-state index contributed by atoms with van der Waals surface area (Å²) in [5, 5.41) is 3.07. The minimum Gasteiger partial charge on any atom is -0.278 e. The Balaban J connectivity index is 1.37. The first-order valence-corrected chi connectivity index (χ1v) is 19.5. The Hall–Kier alpha value is -8.41. The van der Waals surface area contributed by atoms with Gasteiger partial charge in [-0.05, 0) is 74.3 Å². The second kappa shape index (κ2) is 13.6. The van der Waals surface area contributed by atoms with E-state index in [1.165, 1.54) is 0 Å². The van der Waals surface area contributed by atoms with Crippen LogP contribution in [-0.4, -0.2) is 24.1 Å². The monoisotopic (exact) mass is 808 g/mol. The molecule has 62 heavy (non-hydrogen) atoms. The van der Waals surface area contributed by atoms with Crippen molar-refractivity contribution in [3.8, 4) is 78.9 Å². The molecule has 0 fully saturated rings. The van der Waals surface area contributed by atoms with E-state index in [1.54, 1.807) is 9.13 Å². The lowest BCUT2D eigenvalue weighted by atomic mass is 9.77. The van der Waals surface area contributed by atoms with E-state index in [4.69, 9.17) is 25.9 Å². The minimum atomic E-state index is -0.941. The summed E-state index contributed by atoms with van der Waals surface area (Å²) in [5.74, 6) is -0.722. The Kier molecular flexibility index (Phi) is 4.53. The fourth-order valence-electron chi connectivity index (χ4n) is 8.73. The van der Waals surface area contributed by atoms with Crippen molar-refractivity contribution in [2.75, 3.05) is 0 Å². The van der Waals surface area contributed by atoms with E-state index in [0.29, 0.717) is 22.1 Å². The Morgan fingerprint density at radius 2 is 0.661 bits per heavy atom. The summed E-state index contributed by atoms with van der Waals surface area (Å²) in [4.78, 5) is 15.6. The van der Waals surface area contributed by atoms with Crippen LogP contribution in [0, 0.1) is 0 Å². The molecule has 0 saturated carbocycles. The molecule has 0 amide bonds. The summed E-state index contributed by atoms with van der Waals surface area (Å²) in [6, 6.07) is 12.8. The highest BCUT2D eigenvalue weighted by atomic mass is 15.3. The van der Waals surface area contributed by atoms with E-state index < -0.39 is 182 Å². The van der Waals surface area contributed by atoms with Crippen LogP contribution in [0.2, 0.25) is 0 Å². The molecule has 5 nitrogen and oxygen atoms in total. The maximum atomic E-state index is 10.2. The van der Waals surface area contributed by atoms with Gasteiger partial charge in [0.2, 0.25) is 11.9 Å². The molecule has 3 heterocycles. The predicted octanol–water partition coefficient (Wildman–Crippen LogP) is 14.4. The Morgan fingerprint density at radius 3 is 1.11 bits per heavy atom. The second-order valence-corrected chi connectivity index (χ2v) is 14.5. The Morgan fingerprint density at radius 1 is 0.306 bits per heavy atom. The number of para-hydroxylation sites is 4. The number of rotatable bonds is 4. The van der Waals surface area contributed by atoms with Crippen molar-refractivity contribution < 1.29 is 26.0 Å². The van der Waals surface area contributed by atoms with Crippen molar-refractivity contribution >= 4 is 43.6 Å². The van der Waals surface area contributed by atoms with Crippen molar-refractivity contribution in [1.29, 1.82) is 0 Å². The molecule has 3 aromatic heterocycles. The average molecular weight is 809 g/mol. The molecular formula is C57H35N5. The van der Waals surface area contributed by atoms with Crippen LogP contribution in [0.4, 0.5) is 0 Å². The molecule has 9 aromatic carbocycles. The molecule has 1 aliphatic carbocycles. The van der Waals surface area contributed by atoms with E-state index in [0.717, 1.165) is 21.5 Å². The van der Waals surface area contributed by atoms with Crippen molar-refractivity contribution in [2.45, 2.75) is 0 Å². The normalized spacial score (nSPS) is 16.2. The summed E-state index contributed by atoms with van der Waals surface area (Å²) in [5.41, 5.74) is -4.46. The van der Waals surface area contributed by atoms with Crippen LogP contribution in [0.25, 0.3) is 123 Å². The van der Waals surface area contributed by atoms with Gasteiger partial charge < -0.3 is 0 Å². The summed E-state index contributed by atoms with van der Waals surface area (Å²) < 4.78 is 182. The van der Waals surface area contributed by atoms with Crippen molar-refractivity contribution in [2.24, 2.45) is 0 Å². The molecule has 0 aliphatic heterocycles. The molecule has 288 valence electrons. The van der Waals surface area contributed by atoms with E-state index in [9.17, 15) is 15.1 Å². The SMILES string of the molecule is [2H]c1c([2H])c([2H])c(-c2c([2H])c([2H])c3c(c2-c2nc(-n4c5ccccc5c5ccccc54)nc(-n4c5ccccc5c5ccccc54)n2)-c2c([2H])c([2H])c([2H])c([2H])c2-c2c([2H])c([2H])c([2H])c([2H])c2-c2c([2H])c([2H])c([2H])c([2H])c2-3)c([2H])c1[2H]. The lowest BCUT2D eigenvalue weighted by Crippen LogP contribution is -2.11. The minimum absolute atomic E-state index is 0.112. The molecule has 0 N–H and O–H groups in total. The molecule has 0 unspecified atom stereocenters. The summed E-state index contributed by atoms with van der Waals surface area (Å²) in [7, 11) is 0. The highest BCUT2D eigenvalue weighted by Gasteiger charge is 2.29. The number of hydrogen-bond donors (Lipinski definition) is 0. The molecule has 0 atom stereocenters. The lowest BCUT2D eigenvalue weighted by molar-refractivity contribution is 0.893. The highest BCUT2D eigenvalue weighted by molar-refractivity contribution is 6.12. The van der Waals surface area contributed by atoms with Gasteiger partial charge in [-0.1, -0.05) is 188 Å². The van der Waals surface area contributed by atoms with Gasteiger partial charge in [-0.25, -0.2) is 0 Å². The van der Waals surface area contributed by atoms with Crippen LogP contribution < -0.4 is 0 Å². The molecule has 0 radical (unpaired) electrons. The van der Waals surface area contributed by atoms with E-state index >= 15 is 0 Å². The molecule has 0 saturated heterocycles. The van der Waals surface area contributed by atoms with Crippen molar-refractivity contribution in [3.05, 3.63) is 212 Å². The van der Waals surface area contributed by atoms with Crippen molar-refractivity contribution in [3.63, 3.8) is 0 Å². The Labute approximate surface area is 384 Å². The second-order valence-electron chi connectivity index (χ2n) is 14.5. The lowest BCUT2D eigenvalue weighted by Gasteiger charge is -2.26. The number of benzene rings is 9. The summed E-state index contributed by atoms with van der Waals surface area (Å²) in [6.45, 7) is 0. The van der Waals surface area contributed by atoms with Gasteiger partial charge in [0, 0.05) is 32.7 Å². The third-order valence-electron chi connectivity index (χ3n) is 11.3.